The predicted molar refractivity (Wildman–Crippen MR) is 165 cm³/mol. The second-order valence-corrected chi connectivity index (χ2v) is 9.59. The van der Waals surface area contributed by atoms with Gasteiger partial charge in [0.1, 0.15) is 6.61 Å². The van der Waals surface area contributed by atoms with Crippen LogP contribution < -0.4 is 9.47 Å². The lowest BCUT2D eigenvalue weighted by atomic mass is 10.1. The number of carbonyl (C=O) groups excluding carboxylic acids is 1. The first-order chi connectivity index (χ1) is 20.1. The van der Waals surface area contributed by atoms with Crippen molar-refractivity contribution in [3.05, 3.63) is 138 Å². The quantitative estimate of drug-likeness (QED) is 0.178. The highest BCUT2D eigenvalue weighted by molar-refractivity contribution is 5.88. The van der Waals surface area contributed by atoms with E-state index in [1.165, 1.54) is 0 Å². The molecule has 0 aliphatic carbocycles. The number of hydrogen-bond acceptors (Lipinski definition) is 4. The fraction of sp³-hybridized carbons (Fsp3) is 0.200. The van der Waals surface area contributed by atoms with E-state index in [1.807, 2.05) is 109 Å². The Kier molecular flexibility index (Phi) is 10.7. The van der Waals surface area contributed by atoms with Gasteiger partial charge in [-0.3, -0.25) is 9.78 Å². The standard InChI is InChI=1S/C32H31N3O3.C3H6/c1-37-31-19-25(14-15-30(31)38-23-24-9-3-2-4-10-24)22-35(18-16-27-11-7-8-17-33-27)32(36)20-26-21-34-29-13-6-5-12-28(26)29;1-3-2/h2-15,17,19,21,34H,16,18,20,22-23H2,1H3;3H,1H2,2H3. The zero-order valence-electron chi connectivity index (χ0n) is 23.8. The van der Waals surface area contributed by atoms with Gasteiger partial charge in [0.05, 0.1) is 13.5 Å². The molecule has 6 nitrogen and oxygen atoms in total. The zero-order chi connectivity index (χ0) is 28.9. The molecule has 1 N–H and O–H groups in total. The average molecular weight is 548 g/mol. The van der Waals surface area contributed by atoms with E-state index in [2.05, 4.69) is 16.5 Å². The molecule has 0 fully saturated rings. The van der Waals surface area contributed by atoms with E-state index in [0.717, 1.165) is 33.3 Å². The van der Waals surface area contributed by atoms with E-state index >= 15 is 0 Å². The van der Waals surface area contributed by atoms with Crippen molar-refractivity contribution >= 4 is 16.8 Å². The van der Waals surface area contributed by atoms with Crippen molar-refractivity contribution in [2.75, 3.05) is 13.7 Å². The Hall–Kier alpha value is -4.84. The summed E-state index contributed by atoms with van der Waals surface area (Å²) in [6, 6.07) is 29.8. The molecule has 0 unspecified atom stereocenters. The van der Waals surface area contributed by atoms with Crippen molar-refractivity contribution in [2.24, 2.45) is 0 Å². The number of ether oxygens (including phenoxy) is 2. The Morgan fingerprint density at radius 3 is 2.46 bits per heavy atom. The summed E-state index contributed by atoms with van der Waals surface area (Å²) in [5.41, 5.74) is 5.05. The van der Waals surface area contributed by atoms with Crippen LogP contribution in [0.25, 0.3) is 10.9 Å². The second-order valence-electron chi connectivity index (χ2n) is 9.59. The monoisotopic (exact) mass is 547 g/mol. The molecule has 0 saturated heterocycles. The number of fused-ring (bicyclic) bond motifs is 1. The largest absolute Gasteiger partial charge is 0.493 e. The molecular formula is C35H37N3O3. The van der Waals surface area contributed by atoms with Gasteiger partial charge < -0.3 is 19.4 Å². The van der Waals surface area contributed by atoms with Gasteiger partial charge in [-0.1, -0.05) is 66.7 Å². The maximum atomic E-state index is 13.6. The van der Waals surface area contributed by atoms with Gasteiger partial charge in [0.25, 0.3) is 0 Å². The maximum Gasteiger partial charge on any atom is 0.227 e. The molecule has 0 bridgehead atoms. The van der Waals surface area contributed by atoms with E-state index in [0.29, 0.717) is 44.0 Å². The summed E-state index contributed by atoms with van der Waals surface area (Å²) in [5, 5.41) is 1.08. The van der Waals surface area contributed by atoms with E-state index in [1.54, 1.807) is 19.4 Å². The fourth-order valence-electron chi connectivity index (χ4n) is 4.53. The summed E-state index contributed by atoms with van der Waals surface area (Å²) in [6.07, 6.45) is 6.46. The minimum atomic E-state index is 0.0639. The third-order valence-corrected chi connectivity index (χ3v) is 6.57. The summed E-state index contributed by atoms with van der Waals surface area (Å²) in [4.78, 5) is 23.2. The molecule has 0 aliphatic heterocycles. The number of amides is 1. The van der Waals surface area contributed by atoms with Gasteiger partial charge >= 0.3 is 0 Å². The van der Waals surface area contributed by atoms with Gasteiger partial charge in [0.15, 0.2) is 11.5 Å². The highest BCUT2D eigenvalue weighted by atomic mass is 16.5. The first kappa shape index (κ1) is 29.2. The predicted octanol–water partition coefficient (Wildman–Crippen LogP) is 7.16. The molecule has 0 saturated carbocycles. The van der Waals surface area contributed by atoms with E-state index in [4.69, 9.17) is 9.47 Å². The molecule has 0 radical (unpaired) electrons. The number of aromatic amines is 1. The highest BCUT2D eigenvalue weighted by Gasteiger charge is 2.18. The smallest absolute Gasteiger partial charge is 0.227 e. The van der Waals surface area contributed by atoms with E-state index < -0.39 is 0 Å². The third-order valence-electron chi connectivity index (χ3n) is 6.57. The number of nitrogens with one attached hydrogen (secondary N) is 1. The van der Waals surface area contributed by atoms with Crippen LogP contribution in [0.3, 0.4) is 0 Å². The van der Waals surface area contributed by atoms with Crippen LogP contribution in [0.5, 0.6) is 11.5 Å². The second kappa shape index (κ2) is 15.1. The average Bonchev–Trinajstić information content (AvgIpc) is 3.42. The Bertz CT molecular complexity index is 1530. The van der Waals surface area contributed by atoms with Crippen LogP contribution in [-0.2, 0) is 30.8 Å². The number of rotatable bonds is 11. The van der Waals surface area contributed by atoms with Gasteiger partial charge in [-0.25, -0.2) is 0 Å². The molecule has 0 atom stereocenters. The van der Waals surface area contributed by atoms with Gasteiger partial charge in [-0.2, -0.15) is 0 Å². The van der Waals surface area contributed by atoms with Crippen molar-refractivity contribution in [3.63, 3.8) is 0 Å². The molecule has 210 valence electrons. The van der Waals surface area contributed by atoms with Gasteiger partial charge in [-0.15, -0.1) is 6.58 Å². The number of H-pyrrole nitrogens is 1. The number of para-hydroxylation sites is 1. The highest BCUT2D eigenvalue weighted by Crippen LogP contribution is 2.29. The molecule has 41 heavy (non-hydrogen) atoms. The summed E-state index contributed by atoms with van der Waals surface area (Å²) in [6.45, 7) is 6.73. The third kappa shape index (κ3) is 8.32. The van der Waals surface area contributed by atoms with Crippen LogP contribution in [0.4, 0.5) is 0 Å². The SMILES string of the molecule is C=CC.COc1cc(CN(CCc2ccccn2)C(=O)Cc2c[nH]c3ccccc23)ccc1OCc1ccccc1. The molecule has 3 aromatic carbocycles. The summed E-state index contributed by atoms with van der Waals surface area (Å²) >= 11 is 0. The number of benzene rings is 3. The van der Waals surface area contributed by atoms with Crippen LogP contribution in [0.2, 0.25) is 0 Å². The van der Waals surface area contributed by atoms with Crippen molar-refractivity contribution in [1.82, 2.24) is 14.9 Å². The number of pyridine rings is 1. The minimum absolute atomic E-state index is 0.0639. The van der Waals surface area contributed by atoms with Crippen LogP contribution in [-0.4, -0.2) is 34.4 Å². The van der Waals surface area contributed by atoms with Crippen LogP contribution in [0.15, 0.2) is 116 Å². The molecule has 2 aromatic heterocycles. The number of allylic oxidation sites excluding steroid dienone is 1. The molecule has 0 aliphatic rings. The first-order valence-electron chi connectivity index (χ1n) is 13.7. The number of methoxy groups -OCH3 is 1. The van der Waals surface area contributed by atoms with Crippen molar-refractivity contribution in [2.45, 2.75) is 32.9 Å². The van der Waals surface area contributed by atoms with Crippen LogP contribution in [0, 0.1) is 0 Å². The topological polar surface area (TPSA) is 67.5 Å². The fourth-order valence-corrected chi connectivity index (χ4v) is 4.53. The lowest BCUT2D eigenvalue weighted by Gasteiger charge is -2.23. The van der Waals surface area contributed by atoms with Gasteiger partial charge in [0, 0.05) is 48.5 Å². The maximum absolute atomic E-state index is 13.6. The van der Waals surface area contributed by atoms with Gasteiger partial charge in [-0.05, 0) is 53.9 Å². The van der Waals surface area contributed by atoms with Crippen molar-refractivity contribution < 1.29 is 14.3 Å². The number of aromatic nitrogens is 2. The van der Waals surface area contributed by atoms with Crippen molar-refractivity contribution in [1.29, 1.82) is 0 Å². The van der Waals surface area contributed by atoms with E-state index in [9.17, 15) is 4.79 Å². The summed E-state index contributed by atoms with van der Waals surface area (Å²) in [5.74, 6) is 1.38. The van der Waals surface area contributed by atoms with Crippen molar-refractivity contribution in [3.8, 4) is 11.5 Å². The number of hydrogen-bond donors (Lipinski definition) is 1. The Balaban J connectivity index is 0.00000124. The van der Waals surface area contributed by atoms with Gasteiger partial charge in [0.2, 0.25) is 5.91 Å². The molecule has 1 amide bonds. The first-order valence-corrected chi connectivity index (χ1v) is 13.7. The molecule has 5 aromatic rings. The van der Waals surface area contributed by atoms with Crippen LogP contribution in [0.1, 0.15) is 29.3 Å². The molecule has 5 rings (SSSR count). The number of carbonyl (C=O) groups is 1. The molecule has 0 spiro atoms. The minimum Gasteiger partial charge on any atom is -0.493 e. The summed E-state index contributed by atoms with van der Waals surface area (Å²) < 4.78 is 11.7. The summed E-state index contributed by atoms with van der Waals surface area (Å²) in [7, 11) is 1.63. The van der Waals surface area contributed by atoms with Crippen LogP contribution >= 0.6 is 0 Å². The lowest BCUT2D eigenvalue weighted by molar-refractivity contribution is -0.131. The normalized spacial score (nSPS) is 10.4. The van der Waals surface area contributed by atoms with E-state index in [-0.39, 0.29) is 5.91 Å². The number of nitrogens with zero attached hydrogens (tertiary/aromatic N) is 2. The Morgan fingerprint density at radius 1 is 0.951 bits per heavy atom. The Labute approximate surface area is 242 Å². The zero-order valence-corrected chi connectivity index (χ0v) is 23.8. The molecular weight excluding hydrogens is 510 g/mol. The lowest BCUT2D eigenvalue weighted by Crippen LogP contribution is -2.33. The molecule has 2 heterocycles. The Morgan fingerprint density at radius 2 is 1.71 bits per heavy atom. The molecule has 6 heteroatoms.